The zero-order valence-corrected chi connectivity index (χ0v) is 18.4. The number of nitrogens with zero attached hydrogens (tertiary/aromatic N) is 1. The summed E-state index contributed by atoms with van der Waals surface area (Å²) >= 11 is 0. The fourth-order valence-corrected chi connectivity index (χ4v) is 4.02. The lowest BCUT2D eigenvalue weighted by molar-refractivity contribution is -0.116. The predicted octanol–water partition coefficient (Wildman–Crippen LogP) is 4.89. The number of ether oxygens (including phenoxy) is 1. The van der Waals surface area contributed by atoms with Crippen LogP contribution in [0.15, 0.2) is 59.4 Å². The van der Waals surface area contributed by atoms with Crippen LogP contribution in [0, 0.1) is 0 Å². The molecule has 1 aromatic heterocycles. The van der Waals surface area contributed by atoms with Gasteiger partial charge in [0.05, 0.1) is 6.10 Å². The number of aromatic amines is 1. The van der Waals surface area contributed by atoms with E-state index in [1.54, 1.807) is 0 Å². The predicted molar refractivity (Wildman–Crippen MR) is 126 cm³/mol. The Labute approximate surface area is 188 Å². The van der Waals surface area contributed by atoms with Crippen molar-refractivity contribution in [3.8, 4) is 17.1 Å². The van der Waals surface area contributed by atoms with Crippen molar-refractivity contribution < 1.29 is 9.53 Å². The van der Waals surface area contributed by atoms with E-state index >= 15 is 0 Å². The molecule has 0 atom stereocenters. The number of anilines is 1. The summed E-state index contributed by atoms with van der Waals surface area (Å²) < 4.78 is 6.07. The Bertz CT molecular complexity index is 1130. The summed E-state index contributed by atoms with van der Waals surface area (Å²) in [6.45, 7) is 1.96. The van der Waals surface area contributed by atoms with Gasteiger partial charge in [-0.05, 0) is 68.4 Å². The third kappa shape index (κ3) is 5.84. The lowest BCUT2D eigenvalue weighted by atomic mass is 10.1. The molecule has 6 nitrogen and oxygen atoms in total. The van der Waals surface area contributed by atoms with Crippen molar-refractivity contribution in [2.75, 3.05) is 5.32 Å². The van der Waals surface area contributed by atoms with Crippen molar-refractivity contribution in [1.29, 1.82) is 0 Å². The highest BCUT2D eigenvalue weighted by Gasteiger charge is 2.16. The van der Waals surface area contributed by atoms with E-state index in [-0.39, 0.29) is 11.5 Å². The van der Waals surface area contributed by atoms with Gasteiger partial charge in [0.15, 0.2) is 0 Å². The highest BCUT2D eigenvalue weighted by molar-refractivity contribution is 5.91. The topological polar surface area (TPSA) is 84.1 Å². The van der Waals surface area contributed by atoms with Crippen molar-refractivity contribution >= 4 is 11.6 Å². The van der Waals surface area contributed by atoms with Crippen LogP contribution >= 0.6 is 0 Å². The number of rotatable bonds is 8. The van der Waals surface area contributed by atoms with Crippen molar-refractivity contribution in [3.05, 3.63) is 76.2 Å². The second-order valence-electron chi connectivity index (χ2n) is 8.24. The van der Waals surface area contributed by atoms with Crippen LogP contribution in [0.25, 0.3) is 11.4 Å². The molecule has 1 heterocycles. The summed E-state index contributed by atoms with van der Waals surface area (Å²) in [7, 11) is 0. The minimum atomic E-state index is -0.180. The summed E-state index contributed by atoms with van der Waals surface area (Å²) in [6.07, 6.45) is 6.74. The second kappa shape index (κ2) is 10.3. The first-order valence-corrected chi connectivity index (χ1v) is 11.3. The fraction of sp³-hybridized carbons (Fsp3) is 0.346. The number of amides is 1. The van der Waals surface area contributed by atoms with Crippen molar-refractivity contribution in [2.45, 2.75) is 58.0 Å². The Morgan fingerprint density at radius 2 is 1.94 bits per heavy atom. The average Bonchev–Trinajstić information content (AvgIpc) is 3.31. The van der Waals surface area contributed by atoms with Crippen LogP contribution < -0.4 is 15.6 Å². The zero-order chi connectivity index (χ0) is 22.3. The van der Waals surface area contributed by atoms with Crippen LogP contribution in [0.1, 0.15) is 50.3 Å². The van der Waals surface area contributed by atoms with Crippen molar-refractivity contribution in [3.63, 3.8) is 0 Å². The van der Waals surface area contributed by atoms with Gasteiger partial charge >= 0.3 is 0 Å². The van der Waals surface area contributed by atoms with E-state index < -0.39 is 0 Å². The molecule has 0 radical (unpaired) electrons. The van der Waals surface area contributed by atoms with E-state index in [0.29, 0.717) is 36.9 Å². The molecule has 3 aromatic rings. The zero-order valence-electron chi connectivity index (χ0n) is 18.4. The van der Waals surface area contributed by atoms with Gasteiger partial charge in [0.1, 0.15) is 11.6 Å². The Kier molecular flexibility index (Phi) is 7.00. The van der Waals surface area contributed by atoms with Crippen LogP contribution in [-0.2, 0) is 17.6 Å². The van der Waals surface area contributed by atoms with Crippen LogP contribution in [0.2, 0.25) is 0 Å². The van der Waals surface area contributed by atoms with E-state index in [0.717, 1.165) is 35.4 Å². The van der Waals surface area contributed by atoms with Crippen molar-refractivity contribution in [1.82, 2.24) is 9.97 Å². The standard InChI is InChI=1S/C26H29N3O3/c1-2-20-17-25(31)29-26(28-20)19-8-6-9-21(16-19)27-24(30)14-13-18-7-5-12-23(15-18)32-22-10-3-4-11-22/h5-9,12,15-17,22H,2-4,10-11,13-14H2,1H3,(H,27,30)(H,28,29,31). The lowest BCUT2D eigenvalue weighted by Gasteiger charge is -2.14. The molecule has 0 aliphatic heterocycles. The van der Waals surface area contributed by atoms with Gasteiger partial charge < -0.3 is 15.0 Å². The second-order valence-corrected chi connectivity index (χ2v) is 8.24. The summed E-state index contributed by atoms with van der Waals surface area (Å²) in [5.41, 5.74) is 3.07. The average molecular weight is 432 g/mol. The summed E-state index contributed by atoms with van der Waals surface area (Å²) in [6, 6.07) is 16.9. The molecule has 0 saturated heterocycles. The number of aryl methyl sites for hydroxylation is 2. The highest BCUT2D eigenvalue weighted by atomic mass is 16.5. The normalized spacial score (nSPS) is 13.8. The molecule has 0 unspecified atom stereocenters. The summed E-state index contributed by atoms with van der Waals surface area (Å²) in [4.78, 5) is 31.7. The maximum absolute atomic E-state index is 12.5. The SMILES string of the molecule is CCc1cc(=O)[nH]c(-c2cccc(NC(=O)CCc3cccc(OC4CCCC4)c3)c2)n1. The Hall–Kier alpha value is -3.41. The van der Waals surface area contributed by atoms with E-state index in [2.05, 4.69) is 15.3 Å². The molecule has 0 spiro atoms. The fourth-order valence-electron chi connectivity index (χ4n) is 4.02. The minimum Gasteiger partial charge on any atom is -0.490 e. The van der Waals surface area contributed by atoms with Crippen LogP contribution in [-0.4, -0.2) is 22.0 Å². The molecule has 0 bridgehead atoms. The van der Waals surface area contributed by atoms with E-state index in [1.807, 2.05) is 55.5 Å². The van der Waals surface area contributed by atoms with Gasteiger partial charge in [0.25, 0.3) is 5.56 Å². The maximum Gasteiger partial charge on any atom is 0.251 e. The number of carbonyl (C=O) groups is 1. The third-order valence-electron chi connectivity index (χ3n) is 5.72. The molecule has 6 heteroatoms. The van der Waals surface area contributed by atoms with Crippen LogP contribution in [0.5, 0.6) is 5.75 Å². The van der Waals surface area contributed by atoms with Gasteiger partial charge in [-0.15, -0.1) is 0 Å². The first-order valence-electron chi connectivity index (χ1n) is 11.3. The number of nitrogens with one attached hydrogen (secondary N) is 2. The highest BCUT2D eigenvalue weighted by Crippen LogP contribution is 2.25. The third-order valence-corrected chi connectivity index (χ3v) is 5.72. The molecular formula is C26H29N3O3. The molecule has 166 valence electrons. The van der Waals surface area contributed by atoms with E-state index in [4.69, 9.17) is 4.74 Å². The van der Waals surface area contributed by atoms with Gasteiger partial charge in [0.2, 0.25) is 5.91 Å². The number of carbonyl (C=O) groups excluding carboxylic acids is 1. The molecule has 32 heavy (non-hydrogen) atoms. The largest absolute Gasteiger partial charge is 0.490 e. The molecular weight excluding hydrogens is 402 g/mol. The van der Waals surface area contributed by atoms with Gasteiger partial charge in [-0.2, -0.15) is 0 Å². The van der Waals surface area contributed by atoms with Gasteiger partial charge in [-0.3, -0.25) is 9.59 Å². The number of hydrogen-bond donors (Lipinski definition) is 2. The Balaban J connectivity index is 1.36. The quantitative estimate of drug-likeness (QED) is 0.532. The van der Waals surface area contributed by atoms with Gasteiger partial charge in [-0.25, -0.2) is 4.98 Å². The number of H-pyrrole nitrogens is 1. The number of hydrogen-bond acceptors (Lipinski definition) is 4. The first-order chi connectivity index (χ1) is 15.6. The Morgan fingerprint density at radius 1 is 1.12 bits per heavy atom. The molecule has 1 aliphatic rings. The monoisotopic (exact) mass is 431 g/mol. The van der Waals surface area contributed by atoms with E-state index in [1.165, 1.54) is 18.9 Å². The molecule has 1 fully saturated rings. The van der Waals surface area contributed by atoms with E-state index in [9.17, 15) is 9.59 Å². The summed E-state index contributed by atoms with van der Waals surface area (Å²) in [5, 5.41) is 2.95. The van der Waals surface area contributed by atoms with Crippen LogP contribution in [0.3, 0.4) is 0 Å². The molecule has 1 saturated carbocycles. The Morgan fingerprint density at radius 3 is 2.75 bits per heavy atom. The maximum atomic E-state index is 12.5. The van der Waals surface area contributed by atoms with Gasteiger partial charge in [-0.1, -0.05) is 31.2 Å². The lowest BCUT2D eigenvalue weighted by Crippen LogP contribution is -2.13. The number of aromatic nitrogens is 2. The minimum absolute atomic E-state index is 0.0620. The summed E-state index contributed by atoms with van der Waals surface area (Å²) in [5.74, 6) is 1.33. The first kappa shape index (κ1) is 21.8. The molecule has 2 N–H and O–H groups in total. The number of benzene rings is 2. The van der Waals surface area contributed by atoms with Gasteiger partial charge in [0, 0.05) is 29.4 Å². The van der Waals surface area contributed by atoms with Crippen LogP contribution in [0.4, 0.5) is 5.69 Å². The molecule has 2 aromatic carbocycles. The molecule has 1 aliphatic carbocycles. The molecule has 4 rings (SSSR count). The van der Waals surface area contributed by atoms with Crippen molar-refractivity contribution in [2.24, 2.45) is 0 Å². The smallest absolute Gasteiger partial charge is 0.251 e. The molecule has 1 amide bonds.